The van der Waals surface area contributed by atoms with Crippen LogP contribution in [0.15, 0.2) is 0 Å². The lowest BCUT2D eigenvalue weighted by atomic mass is 10.3. The summed E-state index contributed by atoms with van der Waals surface area (Å²) in [5.41, 5.74) is 0. The van der Waals surface area contributed by atoms with E-state index in [4.69, 9.17) is 9.47 Å². The number of unbranched alkanes of at least 4 members (excludes halogenated alkanes) is 1. The third-order valence-corrected chi connectivity index (χ3v) is 1.86. The fourth-order valence-corrected chi connectivity index (χ4v) is 1.02. The standard InChI is InChI=1S/C11H21NO4/c1-3-5-9-16-11(14)12-8-6-7-10(13)15-4-2/h3-9H2,1-2H3,(H,12,14). The molecule has 0 saturated heterocycles. The number of alkyl carbamates (subject to hydrolysis) is 1. The number of hydrogen-bond donors (Lipinski definition) is 1. The Labute approximate surface area is 96.5 Å². The zero-order chi connectivity index (χ0) is 12.2. The Morgan fingerprint density at radius 1 is 1.12 bits per heavy atom. The molecule has 0 bridgehead atoms. The van der Waals surface area contributed by atoms with Crippen molar-refractivity contribution in [2.75, 3.05) is 19.8 Å². The molecule has 5 nitrogen and oxygen atoms in total. The van der Waals surface area contributed by atoms with Crippen LogP contribution in [-0.4, -0.2) is 31.8 Å². The van der Waals surface area contributed by atoms with Gasteiger partial charge in [-0.2, -0.15) is 0 Å². The number of rotatable bonds is 8. The van der Waals surface area contributed by atoms with Crippen LogP contribution in [0.5, 0.6) is 0 Å². The van der Waals surface area contributed by atoms with E-state index >= 15 is 0 Å². The Bertz CT molecular complexity index is 206. The van der Waals surface area contributed by atoms with E-state index in [1.807, 2.05) is 6.92 Å². The molecule has 0 aliphatic carbocycles. The summed E-state index contributed by atoms with van der Waals surface area (Å²) in [6, 6.07) is 0. The summed E-state index contributed by atoms with van der Waals surface area (Å²) in [4.78, 5) is 22.0. The largest absolute Gasteiger partial charge is 0.466 e. The van der Waals surface area contributed by atoms with Gasteiger partial charge in [-0.05, 0) is 19.8 Å². The molecular weight excluding hydrogens is 210 g/mol. The van der Waals surface area contributed by atoms with Gasteiger partial charge in [0.05, 0.1) is 13.2 Å². The Hall–Kier alpha value is -1.26. The van der Waals surface area contributed by atoms with Gasteiger partial charge < -0.3 is 14.8 Å². The van der Waals surface area contributed by atoms with Crippen molar-refractivity contribution >= 4 is 12.1 Å². The molecule has 0 spiro atoms. The molecule has 0 rings (SSSR count). The molecule has 1 amide bonds. The Morgan fingerprint density at radius 2 is 1.88 bits per heavy atom. The van der Waals surface area contributed by atoms with Crippen molar-refractivity contribution in [3.05, 3.63) is 0 Å². The van der Waals surface area contributed by atoms with Crippen molar-refractivity contribution in [3.8, 4) is 0 Å². The molecule has 0 heterocycles. The Kier molecular flexibility index (Phi) is 9.46. The average Bonchev–Trinajstić information content (AvgIpc) is 2.25. The first-order valence-corrected chi connectivity index (χ1v) is 5.77. The molecule has 0 aliphatic rings. The van der Waals surface area contributed by atoms with Crippen LogP contribution in [0.1, 0.15) is 39.5 Å². The maximum atomic E-state index is 11.0. The topological polar surface area (TPSA) is 64.6 Å². The predicted octanol–water partition coefficient (Wildman–Crippen LogP) is 1.86. The number of amides is 1. The van der Waals surface area contributed by atoms with E-state index in [1.54, 1.807) is 6.92 Å². The van der Waals surface area contributed by atoms with Crippen molar-refractivity contribution < 1.29 is 19.1 Å². The highest BCUT2D eigenvalue weighted by atomic mass is 16.5. The smallest absolute Gasteiger partial charge is 0.407 e. The predicted molar refractivity (Wildman–Crippen MR) is 60.1 cm³/mol. The van der Waals surface area contributed by atoms with Crippen LogP contribution < -0.4 is 5.32 Å². The van der Waals surface area contributed by atoms with Crippen molar-refractivity contribution in [3.63, 3.8) is 0 Å². The summed E-state index contributed by atoms with van der Waals surface area (Å²) in [7, 11) is 0. The number of nitrogens with one attached hydrogen (secondary N) is 1. The zero-order valence-electron chi connectivity index (χ0n) is 10.1. The highest BCUT2D eigenvalue weighted by Crippen LogP contribution is 1.92. The molecule has 0 aliphatic heterocycles. The summed E-state index contributed by atoms with van der Waals surface area (Å²) in [5.74, 6) is -0.233. The van der Waals surface area contributed by atoms with Crippen LogP contribution in [0.3, 0.4) is 0 Å². The van der Waals surface area contributed by atoms with Crippen LogP contribution in [0, 0.1) is 0 Å². The van der Waals surface area contributed by atoms with Crippen LogP contribution >= 0.6 is 0 Å². The quantitative estimate of drug-likeness (QED) is 0.511. The van der Waals surface area contributed by atoms with Gasteiger partial charge in [-0.1, -0.05) is 13.3 Å². The summed E-state index contributed by atoms with van der Waals surface area (Å²) >= 11 is 0. The second kappa shape index (κ2) is 10.3. The highest BCUT2D eigenvalue weighted by Gasteiger charge is 2.03. The van der Waals surface area contributed by atoms with Gasteiger partial charge in [0.25, 0.3) is 0 Å². The van der Waals surface area contributed by atoms with Crippen LogP contribution in [0.2, 0.25) is 0 Å². The number of ether oxygens (including phenoxy) is 2. The second-order valence-electron chi connectivity index (χ2n) is 3.32. The molecule has 94 valence electrons. The van der Waals surface area contributed by atoms with Crippen LogP contribution in [0.4, 0.5) is 4.79 Å². The molecule has 0 unspecified atom stereocenters. The minimum absolute atomic E-state index is 0.233. The van der Waals surface area contributed by atoms with E-state index in [9.17, 15) is 9.59 Å². The average molecular weight is 231 g/mol. The number of carbonyl (C=O) groups is 2. The third-order valence-electron chi connectivity index (χ3n) is 1.86. The molecule has 0 atom stereocenters. The van der Waals surface area contributed by atoms with E-state index < -0.39 is 6.09 Å². The van der Waals surface area contributed by atoms with E-state index in [1.165, 1.54) is 0 Å². The summed E-state index contributed by atoms with van der Waals surface area (Å²) in [6.07, 6.45) is 2.34. The monoisotopic (exact) mass is 231 g/mol. The first kappa shape index (κ1) is 14.7. The van der Waals surface area contributed by atoms with Gasteiger partial charge >= 0.3 is 12.1 Å². The molecule has 0 aromatic rings. The van der Waals surface area contributed by atoms with E-state index in [-0.39, 0.29) is 5.97 Å². The van der Waals surface area contributed by atoms with Crippen LogP contribution in [-0.2, 0) is 14.3 Å². The van der Waals surface area contributed by atoms with Gasteiger partial charge in [-0.3, -0.25) is 4.79 Å². The first-order chi connectivity index (χ1) is 7.70. The van der Waals surface area contributed by atoms with Crippen molar-refractivity contribution in [2.45, 2.75) is 39.5 Å². The lowest BCUT2D eigenvalue weighted by Gasteiger charge is -2.06. The minimum Gasteiger partial charge on any atom is -0.466 e. The van der Waals surface area contributed by atoms with Gasteiger partial charge in [0, 0.05) is 13.0 Å². The lowest BCUT2D eigenvalue weighted by Crippen LogP contribution is -2.26. The van der Waals surface area contributed by atoms with E-state index in [0.29, 0.717) is 32.6 Å². The summed E-state index contributed by atoms with van der Waals surface area (Å²) in [6.45, 7) is 5.07. The third kappa shape index (κ3) is 9.30. The van der Waals surface area contributed by atoms with Crippen molar-refractivity contribution in [1.82, 2.24) is 5.32 Å². The molecule has 5 heteroatoms. The maximum absolute atomic E-state index is 11.0. The number of hydrogen-bond acceptors (Lipinski definition) is 4. The van der Waals surface area contributed by atoms with E-state index in [0.717, 1.165) is 12.8 Å². The van der Waals surface area contributed by atoms with Gasteiger partial charge in [-0.25, -0.2) is 4.79 Å². The Morgan fingerprint density at radius 3 is 2.50 bits per heavy atom. The number of esters is 1. The molecule has 0 aromatic carbocycles. The minimum atomic E-state index is -0.419. The molecule has 16 heavy (non-hydrogen) atoms. The van der Waals surface area contributed by atoms with E-state index in [2.05, 4.69) is 5.32 Å². The first-order valence-electron chi connectivity index (χ1n) is 5.77. The zero-order valence-corrected chi connectivity index (χ0v) is 10.1. The van der Waals surface area contributed by atoms with Gasteiger partial charge in [0.2, 0.25) is 0 Å². The molecule has 0 fully saturated rings. The summed E-state index contributed by atoms with van der Waals surface area (Å²) in [5, 5.41) is 2.57. The normalized spacial score (nSPS) is 9.62. The molecule has 1 N–H and O–H groups in total. The van der Waals surface area contributed by atoms with Gasteiger partial charge in [0.1, 0.15) is 0 Å². The molecular formula is C11H21NO4. The van der Waals surface area contributed by atoms with Gasteiger partial charge in [-0.15, -0.1) is 0 Å². The molecule has 0 radical (unpaired) electrons. The fourth-order valence-electron chi connectivity index (χ4n) is 1.02. The second-order valence-corrected chi connectivity index (χ2v) is 3.32. The molecule has 0 aromatic heterocycles. The Balaban J connectivity index is 3.30. The fraction of sp³-hybridized carbons (Fsp3) is 0.818. The van der Waals surface area contributed by atoms with Crippen molar-refractivity contribution in [1.29, 1.82) is 0 Å². The van der Waals surface area contributed by atoms with Gasteiger partial charge in [0.15, 0.2) is 0 Å². The SMILES string of the molecule is CCCCOC(=O)NCCCC(=O)OCC. The number of carbonyl (C=O) groups excluding carboxylic acids is 2. The maximum Gasteiger partial charge on any atom is 0.407 e. The lowest BCUT2D eigenvalue weighted by molar-refractivity contribution is -0.143. The highest BCUT2D eigenvalue weighted by molar-refractivity contribution is 5.69. The summed E-state index contributed by atoms with van der Waals surface area (Å²) < 4.78 is 9.62. The molecule has 0 saturated carbocycles. The van der Waals surface area contributed by atoms with Crippen LogP contribution in [0.25, 0.3) is 0 Å². The van der Waals surface area contributed by atoms with Crippen molar-refractivity contribution in [2.24, 2.45) is 0 Å².